The third-order valence-corrected chi connectivity index (χ3v) is 5.10. The first-order valence-corrected chi connectivity index (χ1v) is 9.52. The van der Waals surface area contributed by atoms with Crippen molar-refractivity contribution in [2.45, 2.75) is 4.90 Å². The summed E-state index contributed by atoms with van der Waals surface area (Å²) in [7, 11) is 1.14. The highest BCUT2D eigenvalue weighted by Crippen LogP contribution is 2.29. The first-order valence-electron chi connectivity index (χ1n) is 7.66. The van der Waals surface area contributed by atoms with E-state index >= 15 is 0 Å². The van der Waals surface area contributed by atoms with Crippen molar-refractivity contribution in [1.82, 2.24) is 4.90 Å². The van der Waals surface area contributed by atoms with Crippen LogP contribution >= 0.6 is 11.6 Å². The van der Waals surface area contributed by atoms with Crippen molar-refractivity contribution in [1.29, 1.82) is 0 Å². The summed E-state index contributed by atoms with van der Waals surface area (Å²) >= 11 is 6.07. The number of nitrogens with one attached hydrogen (secondary N) is 1. The lowest BCUT2D eigenvalue weighted by Crippen LogP contribution is -2.19. The molecule has 2 aromatic rings. The molecule has 0 saturated carbocycles. The van der Waals surface area contributed by atoms with Gasteiger partial charge >= 0.3 is 0 Å². The van der Waals surface area contributed by atoms with Crippen molar-refractivity contribution in [2.75, 3.05) is 39.1 Å². The van der Waals surface area contributed by atoms with Crippen molar-refractivity contribution in [3.63, 3.8) is 0 Å². The Kier molecular flexibility index (Phi) is 6.69. The maximum atomic E-state index is 13.8. The van der Waals surface area contributed by atoms with Gasteiger partial charge in [0.15, 0.2) is 11.6 Å². The second-order valence-electron chi connectivity index (χ2n) is 5.70. The van der Waals surface area contributed by atoms with Gasteiger partial charge in [0.2, 0.25) is 0 Å². The molecule has 0 saturated heterocycles. The molecule has 1 N–H and O–H groups in total. The summed E-state index contributed by atoms with van der Waals surface area (Å²) in [6.45, 7) is 1.07. The quantitative estimate of drug-likeness (QED) is 0.734. The Balaban J connectivity index is 2.19. The maximum absolute atomic E-state index is 13.8. The SMILES string of the molecule is COc1ccc(S(=O)(=O)Nc2ccc(Cl)c(OCCN(C)C)c2)cc1F. The third-order valence-electron chi connectivity index (χ3n) is 3.41. The molecule has 0 aliphatic heterocycles. The molecule has 0 aliphatic carbocycles. The van der Waals surface area contributed by atoms with Gasteiger partial charge in [-0.05, 0) is 44.4 Å². The number of hydrogen-bond acceptors (Lipinski definition) is 5. The summed E-state index contributed by atoms with van der Waals surface area (Å²) in [5, 5.41) is 0.363. The van der Waals surface area contributed by atoms with Crippen molar-refractivity contribution < 1.29 is 22.3 Å². The van der Waals surface area contributed by atoms with Crippen LogP contribution in [0.1, 0.15) is 0 Å². The Labute approximate surface area is 157 Å². The highest BCUT2D eigenvalue weighted by Gasteiger charge is 2.17. The largest absolute Gasteiger partial charge is 0.494 e. The number of halogens is 2. The van der Waals surface area contributed by atoms with Crippen LogP contribution in [0, 0.1) is 5.82 Å². The van der Waals surface area contributed by atoms with E-state index in [-0.39, 0.29) is 16.3 Å². The minimum Gasteiger partial charge on any atom is -0.494 e. The van der Waals surface area contributed by atoms with E-state index in [9.17, 15) is 12.8 Å². The number of anilines is 1. The predicted octanol–water partition coefficient (Wildman–Crippen LogP) is 3.23. The lowest BCUT2D eigenvalue weighted by atomic mass is 10.3. The molecule has 6 nitrogen and oxygen atoms in total. The molecule has 0 unspecified atom stereocenters. The van der Waals surface area contributed by atoms with E-state index in [0.717, 1.165) is 6.07 Å². The minimum atomic E-state index is -3.98. The molecule has 0 bridgehead atoms. The zero-order valence-corrected chi connectivity index (χ0v) is 16.2. The minimum absolute atomic E-state index is 0.0352. The van der Waals surface area contributed by atoms with Crippen molar-refractivity contribution in [3.05, 3.63) is 47.2 Å². The highest BCUT2D eigenvalue weighted by molar-refractivity contribution is 7.92. The summed E-state index contributed by atoms with van der Waals surface area (Å²) in [6.07, 6.45) is 0. The molecule has 2 rings (SSSR count). The number of benzene rings is 2. The van der Waals surface area contributed by atoms with Crippen LogP contribution in [0.5, 0.6) is 11.5 Å². The standard InChI is InChI=1S/C17H20ClFN2O4S/c1-21(2)8-9-25-17-10-12(4-6-14(17)18)20-26(22,23)13-5-7-16(24-3)15(19)11-13/h4-7,10-11,20H,8-9H2,1-3H3. The first kappa shape index (κ1) is 20.3. The number of likely N-dealkylation sites (N-methyl/N-ethyl adjacent to an activating group) is 1. The monoisotopic (exact) mass is 402 g/mol. The molecule has 0 aliphatic rings. The fraction of sp³-hybridized carbons (Fsp3) is 0.294. The second kappa shape index (κ2) is 8.57. The van der Waals surface area contributed by atoms with Crippen LogP contribution in [-0.4, -0.2) is 47.7 Å². The van der Waals surface area contributed by atoms with E-state index < -0.39 is 15.8 Å². The van der Waals surface area contributed by atoms with E-state index in [4.69, 9.17) is 21.1 Å². The number of hydrogen-bond donors (Lipinski definition) is 1. The van der Waals surface area contributed by atoms with Gasteiger partial charge in [-0.25, -0.2) is 12.8 Å². The van der Waals surface area contributed by atoms with Crippen LogP contribution in [0.4, 0.5) is 10.1 Å². The van der Waals surface area contributed by atoms with E-state index in [0.29, 0.717) is 23.9 Å². The van der Waals surface area contributed by atoms with Crippen molar-refractivity contribution in [2.24, 2.45) is 0 Å². The Bertz CT molecular complexity index is 875. The van der Waals surface area contributed by atoms with Crippen LogP contribution in [0.15, 0.2) is 41.3 Å². The molecule has 26 heavy (non-hydrogen) atoms. The summed E-state index contributed by atoms with van der Waals surface area (Å²) in [5.74, 6) is -0.444. The van der Waals surface area contributed by atoms with Gasteiger partial charge in [-0.1, -0.05) is 11.6 Å². The molecule has 2 aromatic carbocycles. The number of methoxy groups -OCH3 is 1. The Hall–Kier alpha value is -2.03. The molecule has 0 radical (unpaired) electrons. The molecule has 0 fully saturated rings. The molecule has 0 heterocycles. The molecule has 0 amide bonds. The molecule has 0 atom stereocenters. The van der Waals surface area contributed by atoms with Gasteiger partial charge in [0.25, 0.3) is 10.0 Å². The molecule has 9 heteroatoms. The van der Waals surface area contributed by atoms with Gasteiger partial charge in [-0.15, -0.1) is 0 Å². The lowest BCUT2D eigenvalue weighted by molar-refractivity contribution is 0.261. The average molecular weight is 403 g/mol. The summed E-state index contributed by atoms with van der Waals surface area (Å²) < 4.78 is 51.4. The zero-order valence-electron chi connectivity index (χ0n) is 14.6. The highest BCUT2D eigenvalue weighted by atomic mass is 35.5. The summed E-state index contributed by atoms with van der Waals surface area (Å²) in [4.78, 5) is 1.72. The van der Waals surface area contributed by atoms with Crippen molar-refractivity contribution in [3.8, 4) is 11.5 Å². The van der Waals surface area contributed by atoms with Gasteiger partial charge in [0.05, 0.1) is 22.7 Å². The van der Waals surface area contributed by atoms with Crippen molar-refractivity contribution >= 4 is 27.3 Å². The van der Waals surface area contributed by atoms with Gasteiger partial charge in [-0.2, -0.15) is 0 Å². The van der Waals surface area contributed by atoms with Crippen LogP contribution in [0.3, 0.4) is 0 Å². The van der Waals surface area contributed by atoms with Gasteiger partial charge in [0.1, 0.15) is 12.4 Å². The number of nitrogens with zero attached hydrogens (tertiary/aromatic N) is 1. The van der Waals surface area contributed by atoms with E-state index in [1.54, 1.807) is 0 Å². The molecule has 142 valence electrons. The van der Waals surface area contributed by atoms with Gasteiger partial charge in [-0.3, -0.25) is 4.72 Å². The average Bonchev–Trinajstić information content (AvgIpc) is 2.57. The predicted molar refractivity (Wildman–Crippen MR) is 99.3 cm³/mol. The molecule has 0 aromatic heterocycles. The fourth-order valence-corrected chi connectivity index (χ4v) is 3.28. The second-order valence-corrected chi connectivity index (χ2v) is 7.79. The Morgan fingerprint density at radius 2 is 1.88 bits per heavy atom. The van der Waals surface area contributed by atoms with Gasteiger partial charge in [0, 0.05) is 12.6 Å². The topological polar surface area (TPSA) is 67.9 Å². The first-order chi connectivity index (χ1) is 12.2. The molecular weight excluding hydrogens is 383 g/mol. The summed E-state index contributed by atoms with van der Waals surface area (Å²) in [5.41, 5.74) is 0.255. The molecule has 0 spiro atoms. The normalized spacial score (nSPS) is 11.5. The fourth-order valence-electron chi connectivity index (χ4n) is 2.04. The number of rotatable bonds is 8. The Morgan fingerprint density at radius 1 is 1.15 bits per heavy atom. The maximum Gasteiger partial charge on any atom is 0.262 e. The smallest absolute Gasteiger partial charge is 0.262 e. The Morgan fingerprint density at radius 3 is 2.50 bits per heavy atom. The van der Waals surface area contributed by atoms with Gasteiger partial charge < -0.3 is 14.4 Å². The van der Waals surface area contributed by atoms with Crippen LogP contribution in [0.2, 0.25) is 5.02 Å². The lowest BCUT2D eigenvalue weighted by Gasteiger charge is -2.14. The summed E-state index contributed by atoms with van der Waals surface area (Å²) in [6, 6.07) is 7.91. The van der Waals surface area contributed by atoms with Crippen LogP contribution in [0.25, 0.3) is 0 Å². The van der Waals surface area contributed by atoms with E-state index in [2.05, 4.69) is 4.72 Å². The van der Waals surface area contributed by atoms with Crippen LogP contribution in [-0.2, 0) is 10.0 Å². The number of sulfonamides is 1. The van der Waals surface area contributed by atoms with E-state index in [1.165, 1.54) is 37.4 Å². The zero-order chi connectivity index (χ0) is 19.3. The molecular formula is C17H20ClFN2O4S. The van der Waals surface area contributed by atoms with E-state index in [1.807, 2.05) is 19.0 Å². The third kappa shape index (κ3) is 5.23. The van der Waals surface area contributed by atoms with Crippen LogP contribution < -0.4 is 14.2 Å². The number of ether oxygens (including phenoxy) is 2.